The van der Waals surface area contributed by atoms with E-state index in [0.717, 1.165) is 63.8 Å². The summed E-state index contributed by atoms with van der Waals surface area (Å²) in [5.41, 5.74) is 1.27. The topological polar surface area (TPSA) is 58.6 Å². The molecule has 154 valence electrons. The van der Waals surface area contributed by atoms with Gasteiger partial charge in [-0.2, -0.15) is 0 Å². The van der Waals surface area contributed by atoms with Crippen molar-refractivity contribution < 1.29 is 14.3 Å². The van der Waals surface area contributed by atoms with Gasteiger partial charge in [0.15, 0.2) is 6.10 Å². The molecule has 1 N–H and O–H groups in total. The maximum Gasteiger partial charge on any atom is 0.260 e. The number of likely N-dealkylation sites (tertiary alicyclic amines) is 1. The van der Waals surface area contributed by atoms with E-state index in [1.54, 1.807) is 0 Å². The highest BCUT2D eigenvalue weighted by Gasteiger charge is 2.36. The van der Waals surface area contributed by atoms with Crippen LogP contribution in [0.4, 0.5) is 0 Å². The molecule has 2 aliphatic rings. The third-order valence-corrected chi connectivity index (χ3v) is 6.33. The highest BCUT2D eigenvalue weighted by molar-refractivity contribution is 5.80. The number of piperidine rings is 1. The smallest absolute Gasteiger partial charge is 0.260 e. The molecule has 0 bridgehead atoms. The fourth-order valence-corrected chi connectivity index (χ4v) is 4.42. The number of para-hydroxylation sites is 1. The molecular weight excluding hydrogens is 352 g/mol. The molecular formula is C23H34N2O3. The van der Waals surface area contributed by atoms with Crippen LogP contribution in [0, 0.1) is 5.41 Å². The molecule has 2 aliphatic heterocycles. The zero-order chi connectivity index (χ0) is 20.0. The maximum absolute atomic E-state index is 12.6. The van der Waals surface area contributed by atoms with E-state index in [2.05, 4.69) is 11.4 Å². The lowest BCUT2D eigenvalue weighted by Gasteiger charge is -2.42. The second kappa shape index (κ2) is 9.44. The van der Waals surface area contributed by atoms with Crippen LogP contribution < -0.4 is 10.1 Å². The van der Waals surface area contributed by atoms with Crippen molar-refractivity contribution in [3.05, 3.63) is 29.8 Å². The van der Waals surface area contributed by atoms with Crippen LogP contribution in [-0.2, 0) is 16.0 Å². The van der Waals surface area contributed by atoms with E-state index in [1.165, 1.54) is 5.56 Å². The molecule has 5 nitrogen and oxygen atoms in total. The summed E-state index contributed by atoms with van der Waals surface area (Å²) in [6.07, 6.45) is 7.27. The molecule has 3 rings (SSSR count). The number of aryl methyl sites for hydroxylation is 1. The van der Waals surface area contributed by atoms with Crippen molar-refractivity contribution in [2.75, 3.05) is 19.6 Å². The van der Waals surface area contributed by atoms with Gasteiger partial charge in [0.2, 0.25) is 5.91 Å². The number of benzene rings is 1. The molecule has 1 atom stereocenters. The van der Waals surface area contributed by atoms with E-state index in [4.69, 9.17) is 4.74 Å². The molecule has 0 aromatic heterocycles. The lowest BCUT2D eigenvalue weighted by molar-refractivity contribution is -0.134. The van der Waals surface area contributed by atoms with Crippen molar-refractivity contribution in [1.29, 1.82) is 0 Å². The summed E-state index contributed by atoms with van der Waals surface area (Å²) < 4.78 is 5.97. The van der Waals surface area contributed by atoms with Gasteiger partial charge in [0.25, 0.3) is 5.91 Å². The van der Waals surface area contributed by atoms with Crippen LogP contribution in [0.2, 0.25) is 0 Å². The van der Waals surface area contributed by atoms with E-state index < -0.39 is 6.10 Å². The van der Waals surface area contributed by atoms with Gasteiger partial charge in [-0.1, -0.05) is 31.5 Å². The quantitative estimate of drug-likeness (QED) is 0.843. The lowest BCUT2D eigenvalue weighted by atomic mass is 9.74. The number of hydrogen-bond acceptors (Lipinski definition) is 3. The predicted octanol–water partition coefficient (Wildman–Crippen LogP) is 3.71. The Labute approximate surface area is 168 Å². The van der Waals surface area contributed by atoms with Gasteiger partial charge < -0.3 is 15.0 Å². The minimum absolute atomic E-state index is 0.0563. The van der Waals surface area contributed by atoms with Crippen LogP contribution in [-0.4, -0.2) is 42.5 Å². The normalized spacial score (nSPS) is 23.0. The number of amides is 2. The van der Waals surface area contributed by atoms with Gasteiger partial charge >= 0.3 is 0 Å². The Morgan fingerprint density at radius 2 is 1.96 bits per heavy atom. The molecule has 0 unspecified atom stereocenters. The molecule has 1 saturated heterocycles. The molecule has 1 aromatic rings. The Morgan fingerprint density at radius 3 is 2.71 bits per heavy atom. The number of fused-ring (bicyclic) bond motifs is 1. The largest absolute Gasteiger partial charge is 0.481 e. The van der Waals surface area contributed by atoms with Crippen LogP contribution >= 0.6 is 0 Å². The standard InChI is InChI=1S/C23H34N2O3/c1-3-8-21(26)25-15-13-23(14-16-25)12-7-6-10-19-9-4-5-11-20(19)28-18(2)22(27)24-17-23/h4-5,9,11,18H,3,6-8,10,12-17H2,1-2H3,(H,24,27)/t18-/m1/s1. The summed E-state index contributed by atoms with van der Waals surface area (Å²) in [4.78, 5) is 26.9. The highest BCUT2D eigenvalue weighted by Crippen LogP contribution is 2.37. The first-order chi connectivity index (χ1) is 13.5. The van der Waals surface area contributed by atoms with Crippen LogP contribution in [0.3, 0.4) is 0 Å². The van der Waals surface area contributed by atoms with E-state index in [0.29, 0.717) is 13.0 Å². The van der Waals surface area contributed by atoms with E-state index >= 15 is 0 Å². The third kappa shape index (κ3) is 5.06. The minimum atomic E-state index is -0.510. The van der Waals surface area contributed by atoms with Gasteiger partial charge in [0.05, 0.1) is 0 Å². The van der Waals surface area contributed by atoms with Crippen LogP contribution in [0.1, 0.15) is 64.4 Å². The maximum atomic E-state index is 12.6. The summed E-state index contributed by atoms with van der Waals surface area (Å²) in [5, 5.41) is 3.14. The first-order valence-electron chi connectivity index (χ1n) is 10.8. The number of nitrogens with one attached hydrogen (secondary N) is 1. The number of carbonyl (C=O) groups is 2. The zero-order valence-corrected chi connectivity index (χ0v) is 17.3. The first-order valence-corrected chi connectivity index (χ1v) is 10.8. The van der Waals surface area contributed by atoms with Gasteiger partial charge in [-0.15, -0.1) is 0 Å². The predicted molar refractivity (Wildman–Crippen MR) is 110 cm³/mol. The van der Waals surface area contributed by atoms with Gasteiger partial charge in [-0.3, -0.25) is 9.59 Å². The second-order valence-corrected chi connectivity index (χ2v) is 8.42. The van der Waals surface area contributed by atoms with E-state index in [-0.39, 0.29) is 17.2 Å². The van der Waals surface area contributed by atoms with Gasteiger partial charge in [0.1, 0.15) is 5.75 Å². The Bertz CT molecular complexity index is 680. The molecule has 1 aromatic carbocycles. The van der Waals surface area contributed by atoms with Crippen molar-refractivity contribution in [2.24, 2.45) is 5.41 Å². The molecule has 28 heavy (non-hydrogen) atoms. The van der Waals surface area contributed by atoms with E-state index in [9.17, 15) is 9.59 Å². The Morgan fingerprint density at radius 1 is 1.21 bits per heavy atom. The Hall–Kier alpha value is -2.04. The van der Waals surface area contributed by atoms with Crippen molar-refractivity contribution >= 4 is 11.8 Å². The van der Waals surface area contributed by atoms with Crippen molar-refractivity contribution in [2.45, 2.75) is 71.3 Å². The van der Waals surface area contributed by atoms with Gasteiger partial charge in [-0.05, 0) is 62.5 Å². The molecule has 2 amide bonds. The fourth-order valence-electron chi connectivity index (χ4n) is 4.42. The molecule has 2 heterocycles. The highest BCUT2D eigenvalue weighted by atomic mass is 16.5. The number of hydrogen-bond donors (Lipinski definition) is 1. The first kappa shape index (κ1) is 20.7. The molecule has 0 saturated carbocycles. The van der Waals surface area contributed by atoms with Crippen LogP contribution in [0.15, 0.2) is 24.3 Å². The fraction of sp³-hybridized carbons (Fsp3) is 0.652. The van der Waals surface area contributed by atoms with Crippen LogP contribution in [0.25, 0.3) is 0 Å². The summed E-state index contributed by atoms with van der Waals surface area (Å²) >= 11 is 0. The number of nitrogens with zero attached hydrogens (tertiary/aromatic N) is 1. The minimum Gasteiger partial charge on any atom is -0.481 e. The van der Waals surface area contributed by atoms with Gasteiger partial charge in [-0.25, -0.2) is 0 Å². The third-order valence-electron chi connectivity index (χ3n) is 6.33. The molecule has 0 radical (unpaired) electrons. The van der Waals surface area contributed by atoms with Crippen molar-refractivity contribution in [3.8, 4) is 5.75 Å². The van der Waals surface area contributed by atoms with Gasteiger partial charge in [0, 0.05) is 26.1 Å². The zero-order valence-electron chi connectivity index (χ0n) is 17.3. The van der Waals surface area contributed by atoms with Crippen LogP contribution in [0.5, 0.6) is 5.75 Å². The second-order valence-electron chi connectivity index (χ2n) is 8.42. The summed E-state index contributed by atoms with van der Waals surface area (Å²) in [6, 6.07) is 8.04. The summed E-state index contributed by atoms with van der Waals surface area (Å²) in [7, 11) is 0. The summed E-state index contributed by atoms with van der Waals surface area (Å²) in [6.45, 7) is 6.16. The average molecular weight is 387 g/mol. The van der Waals surface area contributed by atoms with E-state index in [1.807, 2.05) is 36.9 Å². The molecule has 1 spiro atoms. The van der Waals surface area contributed by atoms with Crippen molar-refractivity contribution in [1.82, 2.24) is 10.2 Å². The van der Waals surface area contributed by atoms with Crippen molar-refractivity contribution in [3.63, 3.8) is 0 Å². The lowest BCUT2D eigenvalue weighted by Crippen LogP contribution is -2.49. The molecule has 1 fully saturated rings. The number of rotatable bonds is 2. The number of ether oxygens (including phenoxy) is 1. The Kier molecular flexibility index (Phi) is 6.97. The monoisotopic (exact) mass is 386 g/mol. The average Bonchev–Trinajstić information content (AvgIpc) is 2.70. The molecule has 0 aliphatic carbocycles. The summed E-state index contributed by atoms with van der Waals surface area (Å²) in [5.74, 6) is 1.04. The SMILES string of the molecule is CCCC(=O)N1CCC2(CCCCc3ccccc3O[C@H](C)C(=O)NC2)CC1. The molecule has 5 heteroatoms. The number of carbonyl (C=O) groups excluding carboxylic acids is 2. The Balaban J connectivity index is 1.68.